The molecule has 9 nitrogen and oxygen atoms in total. The van der Waals surface area contributed by atoms with E-state index in [0.29, 0.717) is 44.8 Å². The molecule has 3 amide bonds. The molecular weight excluding hydrogens is 348 g/mol. The van der Waals surface area contributed by atoms with E-state index in [1.54, 1.807) is 32.5 Å². The lowest BCUT2D eigenvalue weighted by molar-refractivity contribution is -0.119. The van der Waals surface area contributed by atoms with Gasteiger partial charge in [0, 0.05) is 45.5 Å². The molecule has 3 rings (SSSR count). The van der Waals surface area contributed by atoms with E-state index in [4.69, 9.17) is 0 Å². The molecular formula is C18H24N6O3. The fraction of sp³-hybridized carbons (Fsp3) is 0.444. The van der Waals surface area contributed by atoms with Crippen molar-refractivity contribution in [2.75, 3.05) is 53.4 Å². The van der Waals surface area contributed by atoms with Gasteiger partial charge in [-0.3, -0.25) is 18.8 Å². The molecule has 0 bridgehead atoms. The van der Waals surface area contributed by atoms with Gasteiger partial charge in [-0.25, -0.2) is 4.98 Å². The van der Waals surface area contributed by atoms with Gasteiger partial charge in [-0.1, -0.05) is 6.07 Å². The van der Waals surface area contributed by atoms with E-state index in [0.717, 1.165) is 6.41 Å². The number of carbonyl (C=O) groups excluding carboxylic acids is 3. The number of carbonyl (C=O) groups is 3. The van der Waals surface area contributed by atoms with E-state index in [1.165, 1.54) is 0 Å². The van der Waals surface area contributed by atoms with Crippen molar-refractivity contribution in [1.29, 1.82) is 0 Å². The molecule has 0 spiro atoms. The summed E-state index contributed by atoms with van der Waals surface area (Å²) in [5.74, 6) is -0.331. The largest absolute Gasteiger partial charge is 0.349 e. The SMILES string of the molecule is CN(C)CCNC(=O)c1nc(C(=O)N2CCN(C=O)CC2)n2ccccc12. The molecule has 1 N–H and O–H groups in total. The topological polar surface area (TPSA) is 90.3 Å². The van der Waals surface area contributed by atoms with Crippen LogP contribution in [0.2, 0.25) is 0 Å². The summed E-state index contributed by atoms with van der Waals surface area (Å²) in [6.07, 6.45) is 2.52. The first-order valence-electron chi connectivity index (χ1n) is 8.90. The third kappa shape index (κ3) is 4.08. The normalized spacial score (nSPS) is 14.6. The Morgan fingerprint density at radius 3 is 2.63 bits per heavy atom. The molecule has 0 saturated carbocycles. The van der Waals surface area contributed by atoms with Crippen LogP contribution in [-0.2, 0) is 4.79 Å². The summed E-state index contributed by atoms with van der Waals surface area (Å²) in [5, 5.41) is 2.84. The van der Waals surface area contributed by atoms with Gasteiger partial charge in [0.25, 0.3) is 11.8 Å². The zero-order chi connectivity index (χ0) is 19.4. The number of likely N-dealkylation sites (N-methyl/N-ethyl adjacent to an activating group) is 1. The minimum absolute atomic E-state index is 0.211. The summed E-state index contributed by atoms with van der Waals surface area (Å²) < 4.78 is 1.65. The van der Waals surface area contributed by atoms with Gasteiger partial charge in [-0.2, -0.15) is 0 Å². The van der Waals surface area contributed by atoms with Crippen LogP contribution < -0.4 is 5.32 Å². The van der Waals surface area contributed by atoms with E-state index < -0.39 is 0 Å². The van der Waals surface area contributed by atoms with Crippen LogP contribution in [0.4, 0.5) is 0 Å². The molecule has 2 aromatic rings. The van der Waals surface area contributed by atoms with Crippen LogP contribution in [0.25, 0.3) is 5.52 Å². The van der Waals surface area contributed by atoms with E-state index >= 15 is 0 Å². The predicted octanol–water partition coefficient (Wildman–Crippen LogP) is -0.460. The van der Waals surface area contributed by atoms with E-state index in [2.05, 4.69) is 10.3 Å². The smallest absolute Gasteiger partial charge is 0.290 e. The number of nitrogens with zero attached hydrogens (tertiary/aromatic N) is 5. The monoisotopic (exact) mass is 372 g/mol. The molecule has 1 aliphatic heterocycles. The van der Waals surface area contributed by atoms with Crippen molar-refractivity contribution in [3.63, 3.8) is 0 Å². The first-order valence-corrected chi connectivity index (χ1v) is 8.90. The summed E-state index contributed by atoms with van der Waals surface area (Å²) in [4.78, 5) is 46.0. The standard InChI is InChI=1S/C18H24N6O3/c1-21(2)8-6-19-17(26)15-14-5-3-4-7-24(14)16(20-15)18(27)23-11-9-22(13-25)10-12-23/h3-5,7,13H,6,8-12H2,1-2H3,(H,19,26). The molecule has 1 fully saturated rings. The van der Waals surface area contributed by atoms with Gasteiger partial charge in [-0.05, 0) is 26.2 Å². The maximum absolute atomic E-state index is 12.9. The van der Waals surface area contributed by atoms with Crippen molar-refractivity contribution in [2.45, 2.75) is 0 Å². The second-order valence-electron chi connectivity index (χ2n) is 6.73. The lowest BCUT2D eigenvalue weighted by atomic mass is 10.3. The maximum Gasteiger partial charge on any atom is 0.290 e. The highest BCUT2D eigenvalue weighted by Crippen LogP contribution is 2.15. The number of hydrogen-bond donors (Lipinski definition) is 1. The van der Waals surface area contributed by atoms with Crippen molar-refractivity contribution in [3.05, 3.63) is 35.9 Å². The molecule has 3 heterocycles. The number of hydrogen-bond acceptors (Lipinski definition) is 5. The van der Waals surface area contributed by atoms with Crippen LogP contribution in [0.15, 0.2) is 24.4 Å². The van der Waals surface area contributed by atoms with Gasteiger partial charge in [-0.15, -0.1) is 0 Å². The van der Waals surface area contributed by atoms with E-state index in [1.807, 2.05) is 25.1 Å². The number of aromatic nitrogens is 2. The van der Waals surface area contributed by atoms with Crippen molar-refractivity contribution in [1.82, 2.24) is 29.4 Å². The minimum atomic E-state index is -0.301. The fourth-order valence-electron chi connectivity index (χ4n) is 3.00. The Hall–Kier alpha value is -2.94. The summed E-state index contributed by atoms with van der Waals surface area (Å²) in [6, 6.07) is 5.38. The Morgan fingerprint density at radius 1 is 1.22 bits per heavy atom. The number of imidazole rings is 1. The maximum atomic E-state index is 12.9. The van der Waals surface area contributed by atoms with E-state index in [-0.39, 0.29) is 23.3 Å². The minimum Gasteiger partial charge on any atom is -0.349 e. The predicted molar refractivity (Wildman–Crippen MR) is 99.6 cm³/mol. The van der Waals surface area contributed by atoms with E-state index in [9.17, 15) is 14.4 Å². The molecule has 1 aliphatic rings. The van der Waals surface area contributed by atoms with Crippen molar-refractivity contribution in [2.24, 2.45) is 0 Å². The molecule has 9 heteroatoms. The highest BCUT2D eigenvalue weighted by Gasteiger charge is 2.27. The summed E-state index contributed by atoms with van der Waals surface area (Å²) in [5.41, 5.74) is 0.832. The third-order valence-electron chi connectivity index (χ3n) is 4.55. The summed E-state index contributed by atoms with van der Waals surface area (Å²) in [6.45, 7) is 3.10. The Bertz CT molecular complexity index is 839. The Morgan fingerprint density at radius 2 is 1.96 bits per heavy atom. The second-order valence-corrected chi connectivity index (χ2v) is 6.73. The number of rotatable bonds is 6. The lowest BCUT2D eigenvalue weighted by Gasteiger charge is -2.32. The van der Waals surface area contributed by atoms with Gasteiger partial charge in [0.15, 0.2) is 5.69 Å². The molecule has 0 aliphatic carbocycles. The first-order chi connectivity index (χ1) is 13.0. The Labute approximate surface area is 157 Å². The highest BCUT2D eigenvalue weighted by atomic mass is 16.2. The molecule has 144 valence electrons. The average molecular weight is 372 g/mol. The molecule has 0 unspecified atom stereocenters. The van der Waals surface area contributed by atoms with Crippen LogP contribution >= 0.6 is 0 Å². The van der Waals surface area contributed by atoms with Crippen LogP contribution in [0.1, 0.15) is 21.1 Å². The van der Waals surface area contributed by atoms with Crippen molar-refractivity contribution < 1.29 is 14.4 Å². The quantitative estimate of drug-likeness (QED) is 0.693. The van der Waals surface area contributed by atoms with Gasteiger partial charge in [0.05, 0.1) is 5.52 Å². The zero-order valence-electron chi connectivity index (χ0n) is 15.6. The number of piperazine rings is 1. The molecule has 2 aromatic heterocycles. The number of pyridine rings is 1. The van der Waals surface area contributed by atoms with Crippen LogP contribution in [-0.4, -0.2) is 95.7 Å². The number of fused-ring (bicyclic) bond motifs is 1. The van der Waals surface area contributed by atoms with Crippen LogP contribution in [0.5, 0.6) is 0 Å². The number of amides is 3. The summed E-state index contributed by atoms with van der Waals surface area (Å²) in [7, 11) is 3.86. The second kappa shape index (κ2) is 8.17. The Balaban J connectivity index is 1.83. The number of nitrogens with one attached hydrogen (secondary N) is 1. The highest BCUT2D eigenvalue weighted by molar-refractivity contribution is 6.02. The van der Waals surface area contributed by atoms with Crippen LogP contribution in [0.3, 0.4) is 0 Å². The third-order valence-corrected chi connectivity index (χ3v) is 4.55. The van der Waals surface area contributed by atoms with Gasteiger partial charge < -0.3 is 20.0 Å². The van der Waals surface area contributed by atoms with Gasteiger partial charge in [0.2, 0.25) is 12.2 Å². The average Bonchev–Trinajstić information content (AvgIpc) is 3.07. The van der Waals surface area contributed by atoms with Gasteiger partial charge >= 0.3 is 0 Å². The molecule has 1 saturated heterocycles. The van der Waals surface area contributed by atoms with Crippen molar-refractivity contribution >= 4 is 23.7 Å². The Kier molecular flexibility index (Phi) is 5.70. The molecule has 0 atom stereocenters. The lowest BCUT2D eigenvalue weighted by Crippen LogP contribution is -2.48. The molecule has 0 aromatic carbocycles. The fourth-order valence-corrected chi connectivity index (χ4v) is 3.00. The molecule has 0 radical (unpaired) electrons. The molecule has 27 heavy (non-hydrogen) atoms. The van der Waals surface area contributed by atoms with Crippen molar-refractivity contribution in [3.8, 4) is 0 Å². The van der Waals surface area contributed by atoms with Gasteiger partial charge in [0.1, 0.15) is 0 Å². The zero-order valence-corrected chi connectivity index (χ0v) is 15.6. The summed E-state index contributed by atoms with van der Waals surface area (Å²) >= 11 is 0. The van der Waals surface area contributed by atoms with Crippen LogP contribution in [0, 0.1) is 0 Å². The first kappa shape index (κ1) is 18.8.